The van der Waals surface area contributed by atoms with Crippen molar-refractivity contribution in [2.45, 2.75) is 32.4 Å². The minimum atomic E-state index is -0.393. The lowest BCUT2D eigenvalue weighted by Gasteiger charge is -2.24. The van der Waals surface area contributed by atoms with Gasteiger partial charge in [0.2, 0.25) is 5.95 Å². The Hall–Kier alpha value is -3.84. The van der Waals surface area contributed by atoms with Crippen LogP contribution in [-0.4, -0.2) is 49.2 Å². The summed E-state index contributed by atoms with van der Waals surface area (Å²) in [6.07, 6.45) is 6.96. The first-order valence-corrected chi connectivity index (χ1v) is 10.1. The zero-order chi connectivity index (χ0) is 21.6. The van der Waals surface area contributed by atoms with Crippen LogP contribution in [0.4, 0.5) is 11.6 Å². The van der Waals surface area contributed by atoms with E-state index in [0.717, 1.165) is 30.6 Å². The number of nitrogens with one attached hydrogen (secondary N) is 2. The summed E-state index contributed by atoms with van der Waals surface area (Å²) in [6, 6.07) is 7.41. The third-order valence-corrected chi connectivity index (χ3v) is 5.09. The molecule has 1 saturated heterocycles. The first-order valence-electron chi connectivity index (χ1n) is 10.1. The number of pyridine rings is 1. The fourth-order valence-corrected chi connectivity index (χ4v) is 3.66. The Morgan fingerprint density at radius 2 is 2.26 bits per heavy atom. The summed E-state index contributed by atoms with van der Waals surface area (Å²) in [7, 11) is 0. The Labute approximate surface area is 179 Å². The van der Waals surface area contributed by atoms with Gasteiger partial charge in [-0.3, -0.25) is 10.00 Å². The average Bonchev–Trinajstić information content (AvgIpc) is 3.45. The Balaban J connectivity index is 1.49. The number of nitriles is 1. The van der Waals surface area contributed by atoms with E-state index in [9.17, 15) is 4.79 Å². The molecule has 4 heterocycles. The summed E-state index contributed by atoms with van der Waals surface area (Å²) in [5.74, 6) is 0.0710. The predicted molar refractivity (Wildman–Crippen MR) is 111 cm³/mol. The van der Waals surface area contributed by atoms with E-state index in [4.69, 9.17) is 10.00 Å². The van der Waals surface area contributed by atoms with Crippen LogP contribution in [0.5, 0.6) is 0 Å². The fourth-order valence-electron chi connectivity index (χ4n) is 3.66. The molecular weight excluding hydrogens is 396 g/mol. The van der Waals surface area contributed by atoms with Crippen molar-refractivity contribution < 1.29 is 9.53 Å². The van der Waals surface area contributed by atoms with Crippen molar-refractivity contribution in [1.82, 2.24) is 30.0 Å². The Morgan fingerprint density at radius 1 is 1.35 bits per heavy atom. The van der Waals surface area contributed by atoms with Gasteiger partial charge >= 0.3 is 5.97 Å². The van der Waals surface area contributed by atoms with Crippen LogP contribution >= 0.6 is 0 Å². The number of carbonyl (C=O) groups is 1. The SMILES string of the molecule is CCOC(=O)c1[nH]ncc1CN1CCCC1c1ccnc(Nc2ccc(C#N)nc2)n1. The van der Waals surface area contributed by atoms with Crippen LogP contribution in [0.1, 0.15) is 53.2 Å². The normalized spacial score (nSPS) is 16.1. The highest BCUT2D eigenvalue weighted by molar-refractivity contribution is 5.88. The van der Waals surface area contributed by atoms with Gasteiger partial charge in [-0.2, -0.15) is 10.4 Å². The van der Waals surface area contributed by atoms with Gasteiger partial charge in [0.15, 0.2) is 0 Å². The van der Waals surface area contributed by atoms with Gasteiger partial charge in [0.1, 0.15) is 17.5 Å². The molecule has 1 atom stereocenters. The molecule has 1 aliphatic heterocycles. The van der Waals surface area contributed by atoms with Crippen molar-refractivity contribution in [1.29, 1.82) is 5.26 Å². The lowest BCUT2D eigenvalue weighted by molar-refractivity contribution is 0.0516. The number of anilines is 2. The fraction of sp³-hybridized carbons (Fsp3) is 0.333. The number of likely N-dealkylation sites (tertiary alicyclic amines) is 1. The zero-order valence-electron chi connectivity index (χ0n) is 17.1. The highest BCUT2D eigenvalue weighted by Gasteiger charge is 2.29. The standard InChI is InChI=1S/C21H22N8O2/c1-2-31-20(30)19-14(11-25-28-19)13-29-9-3-4-18(29)17-7-8-23-21(27-17)26-16-6-5-15(10-22)24-12-16/h5-8,11-12,18H,2-4,9,13H2,1H3,(H,25,28)(H,23,26,27). The number of rotatable bonds is 7. The minimum Gasteiger partial charge on any atom is -0.461 e. The van der Waals surface area contributed by atoms with Gasteiger partial charge in [0, 0.05) is 18.3 Å². The van der Waals surface area contributed by atoms with Gasteiger partial charge in [-0.25, -0.2) is 19.7 Å². The Morgan fingerprint density at radius 3 is 3.03 bits per heavy atom. The van der Waals surface area contributed by atoms with Crippen molar-refractivity contribution in [3.8, 4) is 6.07 Å². The molecule has 2 N–H and O–H groups in total. The molecule has 0 aromatic carbocycles. The van der Waals surface area contributed by atoms with Crippen LogP contribution in [0, 0.1) is 11.3 Å². The van der Waals surface area contributed by atoms with Crippen LogP contribution in [0.3, 0.4) is 0 Å². The van der Waals surface area contributed by atoms with E-state index >= 15 is 0 Å². The molecule has 1 aliphatic rings. The second-order valence-corrected chi connectivity index (χ2v) is 7.09. The number of esters is 1. The molecule has 10 heteroatoms. The highest BCUT2D eigenvalue weighted by atomic mass is 16.5. The van der Waals surface area contributed by atoms with Crippen LogP contribution in [0.25, 0.3) is 0 Å². The molecule has 4 rings (SSSR count). The summed E-state index contributed by atoms with van der Waals surface area (Å²) >= 11 is 0. The van der Waals surface area contributed by atoms with E-state index in [1.807, 2.05) is 12.1 Å². The van der Waals surface area contributed by atoms with E-state index < -0.39 is 5.97 Å². The van der Waals surface area contributed by atoms with Crippen LogP contribution in [0.15, 0.2) is 36.8 Å². The summed E-state index contributed by atoms with van der Waals surface area (Å²) < 4.78 is 5.11. The maximum absolute atomic E-state index is 12.1. The molecular formula is C21H22N8O2. The number of hydrogen-bond donors (Lipinski definition) is 2. The van der Waals surface area contributed by atoms with Crippen molar-refractivity contribution >= 4 is 17.6 Å². The zero-order valence-corrected chi connectivity index (χ0v) is 17.1. The van der Waals surface area contributed by atoms with E-state index in [2.05, 4.69) is 35.4 Å². The number of ether oxygens (including phenoxy) is 1. The van der Waals surface area contributed by atoms with E-state index in [1.54, 1.807) is 37.6 Å². The van der Waals surface area contributed by atoms with Crippen LogP contribution < -0.4 is 5.32 Å². The van der Waals surface area contributed by atoms with Crippen LogP contribution in [-0.2, 0) is 11.3 Å². The van der Waals surface area contributed by atoms with Gasteiger partial charge in [-0.15, -0.1) is 0 Å². The monoisotopic (exact) mass is 418 g/mol. The van der Waals surface area contributed by atoms with Crippen molar-refractivity contribution in [3.63, 3.8) is 0 Å². The third kappa shape index (κ3) is 4.67. The molecule has 0 spiro atoms. The Bertz CT molecular complexity index is 1090. The number of hydrogen-bond acceptors (Lipinski definition) is 9. The summed E-state index contributed by atoms with van der Waals surface area (Å²) in [5, 5.41) is 18.8. The topological polar surface area (TPSA) is 133 Å². The van der Waals surface area contributed by atoms with Crippen molar-refractivity contribution in [2.24, 2.45) is 0 Å². The van der Waals surface area contributed by atoms with Gasteiger partial charge in [-0.1, -0.05) is 0 Å². The summed E-state index contributed by atoms with van der Waals surface area (Å²) in [6.45, 7) is 3.56. The number of nitrogens with zero attached hydrogens (tertiary/aromatic N) is 6. The first kappa shape index (κ1) is 20.4. The molecule has 1 unspecified atom stereocenters. The molecule has 31 heavy (non-hydrogen) atoms. The average molecular weight is 418 g/mol. The maximum atomic E-state index is 12.1. The summed E-state index contributed by atoms with van der Waals surface area (Å²) in [5.41, 5.74) is 3.16. The number of carbonyl (C=O) groups excluding carboxylic acids is 1. The molecule has 0 aliphatic carbocycles. The number of H-pyrrole nitrogens is 1. The minimum absolute atomic E-state index is 0.104. The molecule has 3 aromatic rings. The lowest BCUT2D eigenvalue weighted by atomic mass is 10.1. The van der Waals surface area contributed by atoms with Crippen molar-refractivity contribution in [3.05, 3.63) is 59.4 Å². The lowest BCUT2D eigenvalue weighted by Crippen LogP contribution is -2.24. The number of aromatic nitrogens is 5. The smallest absolute Gasteiger partial charge is 0.356 e. The molecule has 0 saturated carbocycles. The third-order valence-electron chi connectivity index (χ3n) is 5.09. The second kappa shape index (κ2) is 9.32. The van der Waals surface area contributed by atoms with E-state index in [-0.39, 0.29) is 6.04 Å². The van der Waals surface area contributed by atoms with E-state index in [1.165, 1.54) is 0 Å². The summed E-state index contributed by atoms with van der Waals surface area (Å²) in [4.78, 5) is 27.5. The quantitative estimate of drug-likeness (QED) is 0.556. The highest BCUT2D eigenvalue weighted by Crippen LogP contribution is 2.33. The largest absolute Gasteiger partial charge is 0.461 e. The molecule has 0 bridgehead atoms. The molecule has 10 nitrogen and oxygen atoms in total. The van der Waals surface area contributed by atoms with Crippen molar-refractivity contribution in [2.75, 3.05) is 18.5 Å². The molecule has 0 amide bonds. The molecule has 158 valence electrons. The first-order chi connectivity index (χ1) is 15.2. The molecule has 0 radical (unpaired) electrons. The number of aromatic amines is 1. The maximum Gasteiger partial charge on any atom is 0.356 e. The van der Waals surface area contributed by atoms with Gasteiger partial charge in [0.25, 0.3) is 0 Å². The molecule has 3 aromatic heterocycles. The molecule has 1 fully saturated rings. The second-order valence-electron chi connectivity index (χ2n) is 7.09. The van der Waals surface area contributed by atoms with Gasteiger partial charge < -0.3 is 10.1 Å². The van der Waals surface area contributed by atoms with Gasteiger partial charge in [-0.05, 0) is 44.5 Å². The Kier molecular flexibility index (Phi) is 6.14. The van der Waals surface area contributed by atoms with Gasteiger partial charge in [0.05, 0.1) is 36.4 Å². The van der Waals surface area contributed by atoms with Crippen LogP contribution in [0.2, 0.25) is 0 Å². The predicted octanol–water partition coefficient (Wildman–Crippen LogP) is 2.72. The van der Waals surface area contributed by atoms with E-state index in [0.29, 0.717) is 36.2 Å².